The average Bonchev–Trinajstić information content (AvgIpc) is 3.33. The Morgan fingerprint density at radius 3 is 2.38 bits per heavy atom. The van der Waals surface area contributed by atoms with Crippen LogP contribution in [0.4, 0.5) is 5.82 Å². The molecule has 2 aromatic carbocycles. The summed E-state index contributed by atoms with van der Waals surface area (Å²) in [6.07, 6.45) is 4.98. The minimum absolute atomic E-state index is 0.0865. The Bertz CT molecular complexity index is 1080. The summed E-state index contributed by atoms with van der Waals surface area (Å²) in [4.78, 5) is 27.2. The molecule has 1 amide bonds. The minimum Gasteiger partial charge on any atom is -0.356 e. The third kappa shape index (κ3) is 4.24. The number of amides is 1. The second-order valence-electron chi connectivity index (χ2n) is 8.96. The standard InChI is InChI=1S/C27H30N4O/c1-30(19-20-9-4-2-5-10-20)27(32)22-15-17-31(18-16-22)26-23-13-8-14-24(23)28-25(29-26)21-11-6-3-7-12-21/h2-7,9-12,22H,8,13-19H2,1H3. The summed E-state index contributed by atoms with van der Waals surface area (Å²) >= 11 is 0. The molecule has 2 aliphatic rings. The van der Waals surface area contributed by atoms with Crippen LogP contribution in [0.25, 0.3) is 11.4 Å². The smallest absolute Gasteiger partial charge is 0.225 e. The van der Waals surface area contributed by atoms with E-state index >= 15 is 0 Å². The number of benzene rings is 2. The lowest BCUT2D eigenvalue weighted by Gasteiger charge is -2.35. The van der Waals surface area contributed by atoms with Gasteiger partial charge in [-0.3, -0.25) is 4.79 Å². The Hall–Kier alpha value is -3.21. The highest BCUT2D eigenvalue weighted by Gasteiger charge is 2.30. The average molecular weight is 427 g/mol. The van der Waals surface area contributed by atoms with Crippen molar-refractivity contribution in [3.8, 4) is 11.4 Å². The molecule has 1 aliphatic heterocycles. The van der Waals surface area contributed by atoms with E-state index in [0.717, 1.165) is 62.4 Å². The first-order valence-corrected chi connectivity index (χ1v) is 11.7. The molecule has 1 fully saturated rings. The van der Waals surface area contributed by atoms with Crippen molar-refractivity contribution in [3.05, 3.63) is 77.5 Å². The van der Waals surface area contributed by atoms with Crippen molar-refractivity contribution in [3.63, 3.8) is 0 Å². The maximum absolute atomic E-state index is 13.1. The molecule has 0 bridgehead atoms. The molecule has 5 nitrogen and oxygen atoms in total. The Kier molecular flexibility index (Phi) is 5.89. The van der Waals surface area contributed by atoms with E-state index in [0.29, 0.717) is 6.54 Å². The fraction of sp³-hybridized carbons (Fsp3) is 0.370. The molecule has 1 aliphatic carbocycles. The summed E-state index contributed by atoms with van der Waals surface area (Å²) in [7, 11) is 1.92. The number of hydrogen-bond donors (Lipinski definition) is 0. The third-order valence-electron chi connectivity index (χ3n) is 6.73. The number of piperidine rings is 1. The Morgan fingerprint density at radius 1 is 0.969 bits per heavy atom. The van der Waals surface area contributed by atoms with Gasteiger partial charge in [-0.2, -0.15) is 0 Å². The fourth-order valence-electron chi connectivity index (χ4n) is 4.98. The Morgan fingerprint density at radius 2 is 1.66 bits per heavy atom. The van der Waals surface area contributed by atoms with E-state index in [4.69, 9.17) is 9.97 Å². The van der Waals surface area contributed by atoms with Gasteiger partial charge in [-0.1, -0.05) is 60.7 Å². The molecule has 0 spiro atoms. The fourth-order valence-corrected chi connectivity index (χ4v) is 4.98. The van der Waals surface area contributed by atoms with Gasteiger partial charge < -0.3 is 9.80 Å². The number of carbonyl (C=O) groups excluding carboxylic acids is 1. The monoisotopic (exact) mass is 426 g/mol. The number of fused-ring (bicyclic) bond motifs is 1. The molecule has 164 valence electrons. The molecule has 0 N–H and O–H groups in total. The lowest BCUT2D eigenvalue weighted by atomic mass is 9.95. The molecule has 0 unspecified atom stereocenters. The van der Waals surface area contributed by atoms with Crippen molar-refractivity contribution in [1.82, 2.24) is 14.9 Å². The van der Waals surface area contributed by atoms with E-state index in [1.165, 1.54) is 16.8 Å². The topological polar surface area (TPSA) is 49.3 Å². The minimum atomic E-state index is 0.0865. The third-order valence-corrected chi connectivity index (χ3v) is 6.73. The van der Waals surface area contributed by atoms with Gasteiger partial charge >= 0.3 is 0 Å². The molecule has 3 aromatic rings. The number of nitrogens with zero attached hydrogens (tertiary/aromatic N) is 4. The molecular formula is C27H30N4O. The van der Waals surface area contributed by atoms with Crippen molar-refractivity contribution >= 4 is 11.7 Å². The van der Waals surface area contributed by atoms with Crippen LogP contribution in [-0.2, 0) is 24.2 Å². The second kappa shape index (κ2) is 9.11. The van der Waals surface area contributed by atoms with Crippen LogP contribution in [0.1, 0.15) is 36.1 Å². The van der Waals surface area contributed by atoms with E-state index < -0.39 is 0 Å². The first-order valence-electron chi connectivity index (χ1n) is 11.7. The van der Waals surface area contributed by atoms with Crippen molar-refractivity contribution in [2.75, 3.05) is 25.0 Å². The molecule has 0 atom stereocenters. The van der Waals surface area contributed by atoms with Crippen LogP contribution in [0.3, 0.4) is 0 Å². The number of anilines is 1. The van der Waals surface area contributed by atoms with Gasteiger partial charge in [-0.15, -0.1) is 0 Å². The van der Waals surface area contributed by atoms with Crippen LogP contribution in [0, 0.1) is 5.92 Å². The van der Waals surface area contributed by atoms with Gasteiger partial charge in [0.2, 0.25) is 5.91 Å². The van der Waals surface area contributed by atoms with Gasteiger partial charge in [0.05, 0.1) is 0 Å². The van der Waals surface area contributed by atoms with Gasteiger partial charge in [-0.05, 0) is 37.7 Å². The summed E-state index contributed by atoms with van der Waals surface area (Å²) in [5, 5.41) is 0. The normalized spacial score (nSPS) is 16.1. The van der Waals surface area contributed by atoms with Crippen LogP contribution in [0.5, 0.6) is 0 Å². The SMILES string of the molecule is CN(Cc1ccccc1)C(=O)C1CCN(c2nc(-c3ccccc3)nc3c2CCC3)CC1. The number of aryl methyl sites for hydroxylation is 1. The van der Waals surface area contributed by atoms with Crippen LogP contribution in [0.2, 0.25) is 0 Å². The highest BCUT2D eigenvalue weighted by molar-refractivity contribution is 5.79. The van der Waals surface area contributed by atoms with E-state index in [1.54, 1.807) is 0 Å². The maximum Gasteiger partial charge on any atom is 0.225 e. The van der Waals surface area contributed by atoms with Crippen molar-refractivity contribution in [1.29, 1.82) is 0 Å². The molecule has 5 rings (SSSR count). The van der Waals surface area contributed by atoms with Crippen molar-refractivity contribution in [2.24, 2.45) is 5.92 Å². The van der Waals surface area contributed by atoms with Gasteiger partial charge in [0.25, 0.3) is 0 Å². The molecule has 0 radical (unpaired) electrons. The molecule has 2 heterocycles. The van der Waals surface area contributed by atoms with Gasteiger partial charge in [0.1, 0.15) is 5.82 Å². The Balaban J connectivity index is 1.29. The summed E-state index contributed by atoms with van der Waals surface area (Å²) in [5.74, 6) is 2.26. The van der Waals surface area contributed by atoms with Gasteiger partial charge in [0, 0.05) is 49.4 Å². The first kappa shape index (κ1) is 20.7. The zero-order valence-corrected chi connectivity index (χ0v) is 18.7. The lowest BCUT2D eigenvalue weighted by Crippen LogP contribution is -2.41. The lowest BCUT2D eigenvalue weighted by molar-refractivity contribution is -0.135. The molecule has 32 heavy (non-hydrogen) atoms. The van der Waals surface area contributed by atoms with Gasteiger partial charge in [-0.25, -0.2) is 9.97 Å². The second-order valence-corrected chi connectivity index (χ2v) is 8.96. The van der Waals surface area contributed by atoms with E-state index in [1.807, 2.05) is 48.3 Å². The molecule has 0 saturated carbocycles. The quantitative estimate of drug-likeness (QED) is 0.602. The summed E-state index contributed by atoms with van der Waals surface area (Å²) in [5.41, 5.74) is 4.76. The number of aromatic nitrogens is 2. The molecular weight excluding hydrogens is 396 g/mol. The highest BCUT2D eigenvalue weighted by atomic mass is 16.2. The number of rotatable bonds is 5. The largest absolute Gasteiger partial charge is 0.356 e. The molecule has 1 saturated heterocycles. The first-order chi connectivity index (χ1) is 15.7. The summed E-state index contributed by atoms with van der Waals surface area (Å²) < 4.78 is 0. The van der Waals surface area contributed by atoms with Crippen LogP contribution in [0.15, 0.2) is 60.7 Å². The zero-order chi connectivity index (χ0) is 21.9. The van der Waals surface area contributed by atoms with Crippen molar-refractivity contribution < 1.29 is 4.79 Å². The van der Waals surface area contributed by atoms with E-state index in [-0.39, 0.29) is 11.8 Å². The van der Waals surface area contributed by atoms with Crippen LogP contribution < -0.4 is 4.90 Å². The van der Waals surface area contributed by atoms with Crippen LogP contribution in [-0.4, -0.2) is 40.9 Å². The molecule has 1 aromatic heterocycles. The summed E-state index contributed by atoms with van der Waals surface area (Å²) in [6.45, 7) is 2.40. The number of carbonyl (C=O) groups is 1. The highest BCUT2D eigenvalue weighted by Crippen LogP contribution is 2.33. The predicted molar refractivity (Wildman–Crippen MR) is 127 cm³/mol. The maximum atomic E-state index is 13.1. The van der Waals surface area contributed by atoms with Gasteiger partial charge in [0.15, 0.2) is 5.82 Å². The van der Waals surface area contributed by atoms with E-state index in [9.17, 15) is 4.79 Å². The number of hydrogen-bond acceptors (Lipinski definition) is 4. The Labute approximate surface area is 190 Å². The predicted octanol–water partition coefficient (Wildman–Crippen LogP) is 4.51. The van der Waals surface area contributed by atoms with Crippen LogP contribution >= 0.6 is 0 Å². The zero-order valence-electron chi connectivity index (χ0n) is 18.7. The molecule has 5 heteroatoms. The summed E-state index contributed by atoms with van der Waals surface area (Å²) in [6, 6.07) is 20.5. The van der Waals surface area contributed by atoms with Crippen molar-refractivity contribution in [2.45, 2.75) is 38.6 Å². The van der Waals surface area contributed by atoms with E-state index in [2.05, 4.69) is 29.2 Å².